The van der Waals surface area contributed by atoms with Crippen LogP contribution in [0.3, 0.4) is 0 Å². The molecule has 2 unspecified atom stereocenters. The molecule has 3 nitrogen and oxygen atoms in total. The normalized spacial score (nSPS) is 23.3. The summed E-state index contributed by atoms with van der Waals surface area (Å²) in [5.41, 5.74) is 1.27. The number of furan rings is 1. The number of ether oxygens (including phenoxy) is 1. The van der Waals surface area contributed by atoms with Gasteiger partial charge in [0, 0.05) is 24.3 Å². The van der Waals surface area contributed by atoms with Gasteiger partial charge in [-0.1, -0.05) is 0 Å². The maximum Gasteiger partial charge on any atom is 0.105 e. The molecule has 16 heavy (non-hydrogen) atoms. The summed E-state index contributed by atoms with van der Waals surface area (Å²) in [5, 5.41) is 3.60. The van der Waals surface area contributed by atoms with Crippen molar-refractivity contribution in [3.05, 3.63) is 23.2 Å². The van der Waals surface area contributed by atoms with Crippen LogP contribution in [0.2, 0.25) is 0 Å². The molecule has 0 radical (unpaired) electrons. The van der Waals surface area contributed by atoms with Gasteiger partial charge in [0.1, 0.15) is 11.5 Å². The van der Waals surface area contributed by atoms with Gasteiger partial charge >= 0.3 is 0 Å². The summed E-state index contributed by atoms with van der Waals surface area (Å²) in [6.07, 6.45) is 2.37. The molecule has 1 N–H and O–H groups in total. The molecule has 0 amide bonds. The highest BCUT2D eigenvalue weighted by Crippen LogP contribution is 2.22. The van der Waals surface area contributed by atoms with Crippen LogP contribution in [-0.4, -0.2) is 19.3 Å². The van der Waals surface area contributed by atoms with E-state index in [9.17, 15) is 0 Å². The Hall–Kier alpha value is -0.800. The summed E-state index contributed by atoms with van der Waals surface area (Å²) in [4.78, 5) is 0. The summed E-state index contributed by atoms with van der Waals surface area (Å²) in [6.45, 7) is 7.95. The van der Waals surface area contributed by atoms with Crippen molar-refractivity contribution in [3.8, 4) is 0 Å². The molecule has 0 aromatic carbocycles. The van der Waals surface area contributed by atoms with E-state index >= 15 is 0 Å². The van der Waals surface area contributed by atoms with Crippen LogP contribution < -0.4 is 5.32 Å². The summed E-state index contributed by atoms with van der Waals surface area (Å²) >= 11 is 0. The number of hydrogen-bond acceptors (Lipinski definition) is 3. The van der Waals surface area contributed by atoms with Gasteiger partial charge in [0.05, 0.1) is 6.61 Å². The minimum Gasteiger partial charge on any atom is -0.466 e. The van der Waals surface area contributed by atoms with Gasteiger partial charge in [0.25, 0.3) is 0 Å². The van der Waals surface area contributed by atoms with E-state index in [-0.39, 0.29) is 0 Å². The van der Waals surface area contributed by atoms with Crippen molar-refractivity contribution in [1.29, 1.82) is 0 Å². The molecule has 3 heteroatoms. The van der Waals surface area contributed by atoms with Crippen LogP contribution in [0.25, 0.3) is 0 Å². The zero-order valence-corrected chi connectivity index (χ0v) is 10.4. The SMILES string of the molecule is Cc1cc(C(C)NC2CCCOC2)c(C)o1. The number of aryl methyl sites for hydroxylation is 2. The van der Waals surface area contributed by atoms with Gasteiger partial charge in [-0.3, -0.25) is 0 Å². The maximum atomic E-state index is 5.55. The highest BCUT2D eigenvalue weighted by Gasteiger charge is 2.19. The molecule has 0 aliphatic carbocycles. The molecule has 0 saturated carbocycles. The average Bonchev–Trinajstić information content (AvgIpc) is 2.59. The van der Waals surface area contributed by atoms with E-state index in [1.807, 2.05) is 13.8 Å². The van der Waals surface area contributed by atoms with E-state index in [4.69, 9.17) is 9.15 Å². The molecular weight excluding hydrogens is 202 g/mol. The van der Waals surface area contributed by atoms with Crippen LogP contribution in [0, 0.1) is 13.8 Å². The molecule has 1 aliphatic rings. The van der Waals surface area contributed by atoms with E-state index in [1.165, 1.54) is 12.0 Å². The third kappa shape index (κ3) is 2.66. The lowest BCUT2D eigenvalue weighted by atomic mass is 10.1. The van der Waals surface area contributed by atoms with Crippen molar-refractivity contribution in [2.75, 3.05) is 13.2 Å². The van der Waals surface area contributed by atoms with Crippen molar-refractivity contribution >= 4 is 0 Å². The van der Waals surface area contributed by atoms with Gasteiger partial charge < -0.3 is 14.5 Å². The fourth-order valence-electron chi connectivity index (χ4n) is 2.40. The van der Waals surface area contributed by atoms with Gasteiger partial charge in [0.2, 0.25) is 0 Å². The Morgan fingerprint density at radius 3 is 2.81 bits per heavy atom. The van der Waals surface area contributed by atoms with E-state index < -0.39 is 0 Å². The van der Waals surface area contributed by atoms with Crippen LogP contribution in [-0.2, 0) is 4.74 Å². The molecule has 2 atom stereocenters. The first kappa shape index (κ1) is 11.7. The van der Waals surface area contributed by atoms with Crippen molar-refractivity contribution in [2.24, 2.45) is 0 Å². The Kier molecular flexibility index (Phi) is 3.66. The molecule has 1 saturated heterocycles. The summed E-state index contributed by atoms with van der Waals surface area (Å²) < 4.78 is 11.0. The maximum absolute atomic E-state index is 5.55. The first-order valence-corrected chi connectivity index (χ1v) is 6.07. The largest absolute Gasteiger partial charge is 0.466 e. The molecule has 0 spiro atoms. The molecule has 2 rings (SSSR count). The molecule has 90 valence electrons. The molecule has 2 heterocycles. The van der Waals surface area contributed by atoms with Crippen LogP contribution in [0.1, 0.15) is 42.9 Å². The van der Waals surface area contributed by atoms with Crippen LogP contribution >= 0.6 is 0 Å². The summed E-state index contributed by atoms with van der Waals surface area (Å²) in [7, 11) is 0. The summed E-state index contributed by atoms with van der Waals surface area (Å²) in [6, 6.07) is 2.94. The fourth-order valence-corrected chi connectivity index (χ4v) is 2.40. The molecule has 1 aromatic heterocycles. The Labute approximate surface area is 97.2 Å². The minimum atomic E-state index is 0.337. The first-order valence-electron chi connectivity index (χ1n) is 6.07. The quantitative estimate of drug-likeness (QED) is 0.855. The predicted molar refractivity (Wildman–Crippen MR) is 63.6 cm³/mol. The standard InChI is InChI=1S/C13H21NO2/c1-9-7-13(11(3)16-9)10(2)14-12-5-4-6-15-8-12/h7,10,12,14H,4-6,8H2,1-3H3. The molecule has 0 bridgehead atoms. The third-order valence-electron chi connectivity index (χ3n) is 3.19. The van der Waals surface area contributed by atoms with Crippen molar-refractivity contribution in [3.63, 3.8) is 0 Å². The zero-order chi connectivity index (χ0) is 11.5. The van der Waals surface area contributed by atoms with Crippen molar-refractivity contribution < 1.29 is 9.15 Å². The van der Waals surface area contributed by atoms with E-state index in [0.29, 0.717) is 12.1 Å². The highest BCUT2D eigenvalue weighted by molar-refractivity contribution is 5.23. The van der Waals surface area contributed by atoms with E-state index in [0.717, 1.165) is 31.2 Å². The van der Waals surface area contributed by atoms with E-state index in [1.54, 1.807) is 0 Å². The Balaban J connectivity index is 1.96. The lowest BCUT2D eigenvalue weighted by Gasteiger charge is -2.26. The monoisotopic (exact) mass is 223 g/mol. The van der Waals surface area contributed by atoms with Crippen LogP contribution in [0.4, 0.5) is 0 Å². The highest BCUT2D eigenvalue weighted by atomic mass is 16.5. The molecule has 1 aromatic rings. The van der Waals surface area contributed by atoms with Crippen LogP contribution in [0.5, 0.6) is 0 Å². The third-order valence-corrected chi connectivity index (χ3v) is 3.19. The lowest BCUT2D eigenvalue weighted by molar-refractivity contribution is 0.0670. The zero-order valence-electron chi connectivity index (χ0n) is 10.4. The van der Waals surface area contributed by atoms with Crippen molar-refractivity contribution in [2.45, 2.75) is 45.7 Å². The first-order chi connectivity index (χ1) is 7.66. The topological polar surface area (TPSA) is 34.4 Å². The van der Waals surface area contributed by atoms with Gasteiger partial charge in [-0.15, -0.1) is 0 Å². The second-order valence-electron chi connectivity index (χ2n) is 4.67. The van der Waals surface area contributed by atoms with Crippen molar-refractivity contribution in [1.82, 2.24) is 5.32 Å². The molecule has 1 fully saturated rings. The number of rotatable bonds is 3. The molecule has 1 aliphatic heterocycles. The van der Waals surface area contributed by atoms with Gasteiger partial charge in [-0.05, 0) is 39.7 Å². The Morgan fingerprint density at radius 1 is 1.44 bits per heavy atom. The van der Waals surface area contributed by atoms with E-state index in [2.05, 4.69) is 18.3 Å². The smallest absolute Gasteiger partial charge is 0.105 e. The number of nitrogens with one attached hydrogen (secondary N) is 1. The average molecular weight is 223 g/mol. The Bertz CT molecular complexity index is 340. The van der Waals surface area contributed by atoms with Gasteiger partial charge in [-0.25, -0.2) is 0 Å². The number of hydrogen-bond donors (Lipinski definition) is 1. The minimum absolute atomic E-state index is 0.337. The predicted octanol–water partition coefficient (Wildman–Crippen LogP) is 2.73. The molecular formula is C13H21NO2. The summed E-state index contributed by atoms with van der Waals surface area (Å²) in [5.74, 6) is 2.01. The Morgan fingerprint density at radius 2 is 2.25 bits per heavy atom. The lowest BCUT2D eigenvalue weighted by Crippen LogP contribution is -2.38. The fraction of sp³-hybridized carbons (Fsp3) is 0.692. The van der Waals surface area contributed by atoms with Crippen LogP contribution in [0.15, 0.2) is 10.5 Å². The second kappa shape index (κ2) is 5.02. The van der Waals surface area contributed by atoms with Gasteiger partial charge in [-0.2, -0.15) is 0 Å². The second-order valence-corrected chi connectivity index (χ2v) is 4.67. The van der Waals surface area contributed by atoms with Gasteiger partial charge in [0.15, 0.2) is 0 Å².